The number of carbonyl (C=O) groups is 1. The van der Waals surface area contributed by atoms with Gasteiger partial charge in [-0.05, 0) is 12.3 Å². The lowest BCUT2D eigenvalue weighted by molar-refractivity contribution is -0.119. The Morgan fingerprint density at radius 1 is 1.50 bits per heavy atom. The third-order valence-electron chi connectivity index (χ3n) is 1.95. The van der Waals surface area contributed by atoms with Gasteiger partial charge in [-0.2, -0.15) is 0 Å². The van der Waals surface area contributed by atoms with E-state index in [1.54, 1.807) is 0 Å². The van der Waals surface area contributed by atoms with Crippen molar-refractivity contribution in [3.63, 3.8) is 0 Å². The van der Waals surface area contributed by atoms with Crippen LogP contribution in [0, 0.1) is 5.92 Å². The number of alkyl halides is 1. The number of hydrogen-bond donors (Lipinski definition) is 0. The molecule has 0 spiro atoms. The number of halogens is 1. The molecule has 0 bridgehead atoms. The fourth-order valence-corrected chi connectivity index (χ4v) is 1.48. The topological polar surface area (TPSA) is 17.1 Å². The molecule has 0 saturated carbocycles. The number of hydrogen-bond acceptors (Lipinski definition) is 1. The summed E-state index contributed by atoms with van der Waals surface area (Å²) in [5.74, 6) is 1.53. The molecule has 0 aromatic rings. The van der Waals surface area contributed by atoms with Crippen LogP contribution in [0.1, 0.15) is 46.0 Å². The van der Waals surface area contributed by atoms with E-state index in [9.17, 15) is 4.79 Å². The number of Topliss-reactive ketones (excluding diaryl/α,β-unsaturated/α-hetero) is 1. The van der Waals surface area contributed by atoms with Gasteiger partial charge in [-0.25, -0.2) is 0 Å². The fourth-order valence-electron chi connectivity index (χ4n) is 1.35. The zero-order valence-electron chi connectivity index (χ0n) is 8.11. The first kappa shape index (κ1) is 12.0. The van der Waals surface area contributed by atoms with Crippen LogP contribution in [-0.4, -0.2) is 11.7 Å². The summed E-state index contributed by atoms with van der Waals surface area (Å²) in [5, 5.41) is 0. The smallest absolute Gasteiger partial charge is 0.133 e. The van der Waals surface area contributed by atoms with Gasteiger partial charge in [0.15, 0.2) is 0 Å². The van der Waals surface area contributed by atoms with Gasteiger partial charge in [0, 0.05) is 18.7 Å². The maximum atomic E-state index is 11.2. The van der Waals surface area contributed by atoms with Gasteiger partial charge >= 0.3 is 0 Å². The molecule has 1 atom stereocenters. The van der Waals surface area contributed by atoms with Crippen molar-refractivity contribution < 1.29 is 4.79 Å². The van der Waals surface area contributed by atoms with Crippen LogP contribution in [0.4, 0.5) is 0 Å². The summed E-state index contributed by atoms with van der Waals surface area (Å²) in [4.78, 5) is 11.2. The number of rotatable bonds is 7. The summed E-state index contributed by atoms with van der Waals surface area (Å²) in [7, 11) is 0. The van der Waals surface area contributed by atoms with E-state index in [0.717, 1.165) is 19.3 Å². The van der Waals surface area contributed by atoms with Gasteiger partial charge in [-0.15, -0.1) is 11.6 Å². The predicted molar refractivity (Wildman–Crippen MR) is 53.7 cm³/mol. The van der Waals surface area contributed by atoms with Gasteiger partial charge < -0.3 is 0 Å². The van der Waals surface area contributed by atoms with Gasteiger partial charge in [0.25, 0.3) is 0 Å². The Kier molecular flexibility index (Phi) is 7.58. The number of ketones is 1. The predicted octanol–water partition coefficient (Wildman–Crippen LogP) is 3.40. The molecule has 0 aliphatic rings. The molecule has 0 aliphatic heterocycles. The van der Waals surface area contributed by atoms with E-state index in [1.807, 2.05) is 0 Å². The lowest BCUT2D eigenvalue weighted by Crippen LogP contribution is -2.05. The van der Waals surface area contributed by atoms with Crippen molar-refractivity contribution in [1.29, 1.82) is 0 Å². The highest BCUT2D eigenvalue weighted by Crippen LogP contribution is 2.12. The summed E-state index contributed by atoms with van der Waals surface area (Å²) in [6, 6.07) is 0. The molecule has 2 heteroatoms. The largest absolute Gasteiger partial charge is 0.300 e. The average Bonchev–Trinajstić information content (AvgIpc) is 2.01. The van der Waals surface area contributed by atoms with E-state index in [2.05, 4.69) is 13.8 Å². The average molecular weight is 191 g/mol. The molecule has 12 heavy (non-hydrogen) atoms. The van der Waals surface area contributed by atoms with Crippen LogP contribution in [0.3, 0.4) is 0 Å². The molecule has 1 unspecified atom stereocenters. The van der Waals surface area contributed by atoms with E-state index in [1.165, 1.54) is 6.42 Å². The second-order valence-electron chi connectivity index (χ2n) is 3.43. The van der Waals surface area contributed by atoms with Crippen LogP contribution < -0.4 is 0 Å². The molecule has 0 aromatic heterocycles. The Morgan fingerprint density at radius 3 is 2.67 bits per heavy atom. The maximum absolute atomic E-state index is 11.2. The first-order valence-electron chi connectivity index (χ1n) is 4.78. The molecule has 0 aromatic carbocycles. The summed E-state index contributed by atoms with van der Waals surface area (Å²) < 4.78 is 0. The minimum Gasteiger partial charge on any atom is -0.300 e. The summed E-state index contributed by atoms with van der Waals surface area (Å²) >= 11 is 5.49. The monoisotopic (exact) mass is 190 g/mol. The lowest BCUT2D eigenvalue weighted by atomic mass is 9.98. The zero-order valence-corrected chi connectivity index (χ0v) is 8.86. The molecule has 0 aliphatic carbocycles. The van der Waals surface area contributed by atoms with E-state index in [4.69, 9.17) is 11.6 Å². The van der Waals surface area contributed by atoms with Crippen molar-refractivity contribution in [3.8, 4) is 0 Å². The van der Waals surface area contributed by atoms with Crippen LogP contribution in [0.25, 0.3) is 0 Å². The highest BCUT2D eigenvalue weighted by Gasteiger charge is 2.07. The molecule has 0 saturated heterocycles. The molecular weight excluding hydrogens is 172 g/mol. The van der Waals surface area contributed by atoms with Gasteiger partial charge in [-0.3, -0.25) is 4.79 Å². The molecule has 0 rings (SSSR count). The quantitative estimate of drug-likeness (QED) is 0.563. The van der Waals surface area contributed by atoms with Crippen LogP contribution in [0.2, 0.25) is 0 Å². The molecular formula is C10H19ClO. The summed E-state index contributed by atoms with van der Waals surface area (Å²) in [6.07, 6.45) is 4.57. The minimum absolute atomic E-state index is 0.372. The van der Waals surface area contributed by atoms with Gasteiger partial charge in [0.05, 0.1) is 0 Å². The van der Waals surface area contributed by atoms with Crippen LogP contribution in [0.15, 0.2) is 0 Å². The molecule has 0 heterocycles. The standard InChI is InChI=1S/C10H19ClO/c1-3-5-9(2)8-10(12)6-4-7-11/h9H,3-8H2,1-2H3. The SMILES string of the molecule is CCCC(C)CC(=O)CCCCl. The first-order valence-corrected chi connectivity index (χ1v) is 5.31. The first-order chi connectivity index (χ1) is 5.70. The third kappa shape index (κ3) is 6.66. The second kappa shape index (κ2) is 7.60. The normalized spacial score (nSPS) is 12.9. The van der Waals surface area contributed by atoms with E-state index >= 15 is 0 Å². The third-order valence-corrected chi connectivity index (χ3v) is 2.21. The Morgan fingerprint density at radius 2 is 2.17 bits per heavy atom. The molecule has 72 valence electrons. The Labute approximate surface area is 80.5 Å². The van der Waals surface area contributed by atoms with E-state index < -0.39 is 0 Å². The van der Waals surface area contributed by atoms with Crippen LogP contribution in [-0.2, 0) is 4.79 Å². The molecule has 0 amide bonds. The zero-order chi connectivity index (χ0) is 9.40. The molecule has 1 nitrogen and oxygen atoms in total. The van der Waals surface area contributed by atoms with Crippen molar-refractivity contribution in [2.24, 2.45) is 5.92 Å². The summed E-state index contributed by atoms with van der Waals surface area (Å²) in [6.45, 7) is 4.29. The van der Waals surface area contributed by atoms with Gasteiger partial charge in [-0.1, -0.05) is 26.7 Å². The van der Waals surface area contributed by atoms with Crippen molar-refractivity contribution in [3.05, 3.63) is 0 Å². The van der Waals surface area contributed by atoms with E-state index in [-0.39, 0.29) is 0 Å². The fraction of sp³-hybridized carbons (Fsp3) is 0.900. The molecule has 0 radical (unpaired) electrons. The molecule has 0 fully saturated rings. The van der Waals surface area contributed by atoms with Crippen molar-refractivity contribution in [2.75, 3.05) is 5.88 Å². The van der Waals surface area contributed by atoms with E-state index in [0.29, 0.717) is 24.0 Å². The lowest BCUT2D eigenvalue weighted by Gasteiger charge is -2.07. The second-order valence-corrected chi connectivity index (χ2v) is 3.81. The summed E-state index contributed by atoms with van der Waals surface area (Å²) in [5.41, 5.74) is 0. The highest BCUT2D eigenvalue weighted by molar-refractivity contribution is 6.17. The Balaban J connectivity index is 3.40. The highest BCUT2D eigenvalue weighted by atomic mass is 35.5. The van der Waals surface area contributed by atoms with Gasteiger partial charge in [0.1, 0.15) is 5.78 Å². The van der Waals surface area contributed by atoms with Crippen molar-refractivity contribution >= 4 is 17.4 Å². The van der Waals surface area contributed by atoms with Crippen LogP contribution >= 0.6 is 11.6 Å². The Bertz CT molecular complexity index is 123. The van der Waals surface area contributed by atoms with Crippen LogP contribution in [0.5, 0.6) is 0 Å². The van der Waals surface area contributed by atoms with Gasteiger partial charge in [0.2, 0.25) is 0 Å². The minimum atomic E-state index is 0.372. The molecule has 0 N–H and O–H groups in total. The number of carbonyl (C=O) groups excluding carboxylic acids is 1. The van der Waals surface area contributed by atoms with Crippen molar-refractivity contribution in [2.45, 2.75) is 46.0 Å². The Hall–Kier alpha value is -0.0400. The maximum Gasteiger partial charge on any atom is 0.133 e. The van der Waals surface area contributed by atoms with Crippen molar-refractivity contribution in [1.82, 2.24) is 0 Å².